The van der Waals surface area contributed by atoms with E-state index < -0.39 is 16.4 Å². The number of halogens is 1. The highest BCUT2D eigenvalue weighted by molar-refractivity contribution is 5.95. The van der Waals surface area contributed by atoms with Crippen molar-refractivity contribution in [3.63, 3.8) is 0 Å². The van der Waals surface area contributed by atoms with Crippen LogP contribution in [0.4, 0.5) is 10.1 Å². The number of ketones is 1. The molecule has 0 bridgehead atoms. The largest absolute Gasteiger partial charge is 0.349 e. The van der Waals surface area contributed by atoms with Gasteiger partial charge in [0.05, 0.1) is 4.92 Å². The van der Waals surface area contributed by atoms with Crippen molar-refractivity contribution in [2.75, 3.05) is 0 Å². The minimum Gasteiger partial charge on any atom is -0.349 e. The van der Waals surface area contributed by atoms with Gasteiger partial charge in [0.15, 0.2) is 5.78 Å². The third-order valence-corrected chi connectivity index (χ3v) is 3.12. The Hall–Kier alpha value is -2.50. The molecular weight excluding hydrogens is 275 g/mol. The van der Waals surface area contributed by atoms with E-state index in [4.69, 9.17) is 0 Å². The highest BCUT2D eigenvalue weighted by atomic mass is 19.1. The Morgan fingerprint density at radius 1 is 1.38 bits per heavy atom. The van der Waals surface area contributed by atoms with Crippen LogP contribution in [0.2, 0.25) is 0 Å². The fraction of sp³-hybridized carbons (Fsp3) is 0.267. The van der Waals surface area contributed by atoms with E-state index in [0.717, 1.165) is 18.6 Å². The van der Waals surface area contributed by atoms with Crippen molar-refractivity contribution in [1.29, 1.82) is 0 Å². The molecule has 0 amide bonds. The molecule has 5 nitrogen and oxygen atoms in total. The van der Waals surface area contributed by atoms with Gasteiger partial charge in [-0.2, -0.15) is 4.39 Å². The molecule has 1 aromatic carbocycles. The molecule has 110 valence electrons. The van der Waals surface area contributed by atoms with Crippen molar-refractivity contribution in [2.24, 2.45) is 0 Å². The van der Waals surface area contributed by atoms with Gasteiger partial charge in [0, 0.05) is 37.0 Å². The highest BCUT2D eigenvalue weighted by Gasteiger charge is 2.14. The monoisotopic (exact) mass is 290 g/mol. The minimum absolute atomic E-state index is 0.0751. The van der Waals surface area contributed by atoms with Crippen molar-refractivity contribution in [1.82, 2.24) is 4.57 Å². The first-order valence-electron chi connectivity index (χ1n) is 6.63. The Labute approximate surface area is 121 Å². The molecule has 0 radical (unpaired) electrons. The first-order valence-corrected chi connectivity index (χ1v) is 6.63. The number of benzene rings is 1. The lowest BCUT2D eigenvalue weighted by Crippen LogP contribution is -2.00. The highest BCUT2D eigenvalue weighted by Crippen LogP contribution is 2.19. The summed E-state index contributed by atoms with van der Waals surface area (Å²) in [6.45, 7) is 2.29. The fourth-order valence-electron chi connectivity index (χ4n) is 2.08. The molecule has 0 unspecified atom stereocenters. The van der Waals surface area contributed by atoms with Gasteiger partial charge in [0.25, 0.3) is 0 Å². The predicted molar refractivity (Wildman–Crippen MR) is 75.8 cm³/mol. The molecule has 6 heteroatoms. The topological polar surface area (TPSA) is 65.1 Å². The fourth-order valence-corrected chi connectivity index (χ4v) is 2.08. The third-order valence-electron chi connectivity index (χ3n) is 3.12. The van der Waals surface area contributed by atoms with E-state index in [1.165, 1.54) is 6.07 Å². The average Bonchev–Trinajstić information content (AvgIpc) is 2.87. The van der Waals surface area contributed by atoms with Crippen molar-refractivity contribution in [3.8, 4) is 0 Å². The Balaban J connectivity index is 2.14. The number of aromatic nitrogens is 1. The number of hydrogen-bond donors (Lipinski definition) is 0. The molecule has 0 atom stereocenters. The van der Waals surface area contributed by atoms with Gasteiger partial charge in [-0.1, -0.05) is 13.0 Å². The van der Waals surface area contributed by atoms with E-state index in [0.29, 0.717) is 24.1 Å². The Bertz CT molecular complexity index is 679. The van der Waals surface area contributed by atoms with E-state index in [-0.39, 0.29) is 5.78 Å². The van der Waals surface area contributed by atoms with Gasteiger partial charge in [0.1, 0.15) is 0 Å². The van der Waals surface area contributed by atoms with Gasteiger partial charge in [0.2, 0.25) is 5.82 Å². The minimum atomic E-state index is -0.855. The summed E-state index contributed by atoms with van der Waals surface area (Å²) in [7, 11) is 0. The zero-order chi connectivity index (χ0) is 15.4. The summed E-state index contributed by atoms with van der Waals surface area (Å²) in [5.74, 6) is -0.780. The standard InChI is InChI=1S/C15H15FN2O3/c1-2-3-15(19)12-6-7-17(10-12)9-11-4-5-14(18(20)21)13(16)8-11/h4-8,10H,2-3,9H2,1H3. The van der Waals surface area contributed by atoms with Crippen molar-refractivity contribution in [2.45, 2.75) is 26.3 Å². The Kier molecular flexibility index (Phi) is 4.47. The predicted octanol–water partition coefficient (Wildman–Crippen LogP) is 3.57. The summed E-state index contributed by atoms with van der Waals surface area (Å²) in [5.41, 5.74) is 0.687. The molecule has 0 saturated heterocycles. The van der Waals surface area contributed by atoms with Crippen LogP contribution < -0.4 is 0 Å². The van der Waals surface area contributed by atoms with Gasteiger partial charge in [-0.05, 0) is 24.1 Å². The van der Waals surface area contributed by atoms with Gasteiger partial charge in [-0.15, -0.1) is 0 Å². The maximum Gasteiger partial charge on any atom is 0.304 e. The summed E-state index contributed by atoms with van der Waals surface area (Å²) >= 11 is 0. The number of carbonyl (C=O) groups is 1. The second kappa shape index (κ2) is 6.30. The first kappa shape index (κ1) is 14.9. The zero-order valence-electron chi connectivity index (χ0n) is 11.6. The van der Waals surface area contributed by atoms with Gasteiger partial charge >= 0.3 is 5.69 Å². The number of carbonyl (C=O) groups excluding carboxylic acids is 1. The maximum absolute atomic E-state index is 13.5. The summed E-state index contributed by atoms with van der Waals surface area (Å²) in [6, 6.07) is 5.53. The molecule has 0 fully saturated rings. The van der Waals surface area contributed by atoms with Crippen LogP contribution in [0.5, 0.6) is 0 Å². The molecule has 1 aromatic heterocycles. The van der Waals surface area contributed by atoms with Gasteiger partial charge < -0.3 is 4.57 Å². The van der Waals surface area contributed by atoms with Crippen molar-refractivity contribution >= 4 is 11.5 Å². The Morgan fingerprint density at radius 3 is 2.76 bits per heavy atom. The summed E-state index contributed by atoms with van der Waals surface area (Å²) < 4.78 is 15.3. The van der Waals surface area contributed by atoms with Crippen molar-refractivity contribution in [3.05, 3.63) is 63.7 Å². The van der Waals surface area contributed by atoms with Gasteiger partial charge in [-0.3, -0.25) is 14.9 Å². The Morgan fingerprint density at radius 2 is 2.14 bits per heavy atom. The number of nitro benzene ring substituents is 1. The molecule has 2 rings (SSSR count). The van der Waals surface area contributed by atoms with Crippen molar-refractivity contribution < 1.29 is 14.1 Å². The van der Waals surface area contributed by atoms with Crippen LogP contribution in [-0.2, 0) is 6.54 Å². The average molecular weight is 290 g/mol. The van der Waals surface area contributed by atoms with Crippen LogP contribution in [0.25, 0.3) is 0 Å². The summed E-state index contributed by atoms with van der Waals surface area (Å²) in [5, 5.41) is 10.6. The lowest BCUT2D eigenvalue weighted by molar-refractivity contribution is -0.387. The molecule has 21 heavy (non-hydrogen) atoms. The first-order chi connectivity index (χ1) is 10.0. The second-order valence-corrected chi connectivity index (χ2v) is 4.79. The summed E-state index contributed by atoms with van der Waals surface area (Å²) in [4.78, 5) is 21.5. The van der Waals surface area contributed by atoms with Crippen LogP contribution in [0, 0.1) is 15.9 Å². The van der Waals surface area contributed by atoms with E-state index in [1.807, 2.05) is 6.92 Å². The molecule has 0 aliphatic heterocycles. The number of hydrogen-bond acceptors (Lipinski definition) is 3. The number of nitrogens with zero attached hydrogens (tertiary/aromatic N) is 2. The molecule has 2 aromatic rings. The SMILES string of the molecule is CCCC(=O)c1ccn(Cc2ccc([N+](=O)[O-])c(F)c2)c1. The second-order valence-electron chi connectivity index (χ2n) is 4.79. The molecule has 0 spiro atoms. The lowest BCUT2D eigenvalue weighted by Gasteiger charge is -2.03. The normalized spacial score (nSPS) is 10.6. The van der Waals surface area contributed by atoms with E-state index in [1.54, 1.807) is 23.0 Å². The molecule has 0 aliphatic rings. The van der Waals surface area contributed by atoms with Gasteiger partial charge in [-0.25, -0.2) is 0 Å². The number of Topliss-reactive ketones (excluding diaryl/α,β-unsaturated/α-hetero) is 1. The van der Waals surface area contributed by atoms with Crippen LogP contribution in [0.1, 0.15) is 35.7 Å². The van der Waals surface area contributed by atoms with Crippen LogP contribution >= 0.6 is 0 Å². The molecular formula is C15H15FN2O3. The lowest BCUT2D eigenvalue weighted by atomic mass is 10.1. The molecule has 1 heterocycles. The summed E-state index contributed by atoms with van der Waals surface area (Å²) in [6.07, 6.45) is 4.73. The zero-order valence-corrected chi connectivity index (χ0v) is 11.6. The third kappa shape index (κ3) is 3.53. The maximum atomic E-state index is 13.5. The van der Waals surface area contributed by atoms with E-state index in [2.05, 4.69) is 0 Å². The smallest absolute Gasteiger partial charge is 0.304 e. The van der Waals surface area contributed by atoms with E-state index in [9.17, 15) is 19.3 Å². The van der Waals surface area contributed by atoms with E-state index >= 15 is 0 Å². The number of rotatable bonds is 6. The molecule has 0 N–H and O–H groups in total. The van der Waals surface area contributed by atoms with Crippen LogP contribution in [0.15, 0.2) is 36.7 Å². The quantitative estimate of drug-likeness (QED) is 0.464. The molecule has 0 saturated carbocycles. The number of nitro groups is 1. The van der Waals surface area contributed by atoms with Crippen LogP contribution in [-0.4, -0.2) is 15.3 Å². The molecule has 0 aliphatic carbocycles. The van der Waals surface area contributed by atoms with Crippen LogP contribution in [0.3, 0.4) is 0 Å².